The molecule has 3 heterocycles. The fourth-order valence-electron chi connectivity index (χ4n) is 4.15. The summed E-state index contributed by atoms with van der Waals surface area (Å²) in [4.78, 5) is 33.6. The van der Waals surface area contributed by atoms with Crippen molar-refractivity contribution < 1.29 is 18.0 Å². The molecule has 0 spiro atoms. The molecule has 2 aliphatic heterocycles. The van der Waals surface area contributed by atoms with E-state index < -0.39 is 10.0 Å². The van der Waals surface area contributed by atoms with Gasteiger partial charge in [-0.25, -0.2) is 8.42 Å². The normalized spacial score (nSPS) is 17.2. The van der Waals surface area contributed by atoms with Crippen molar-refractivity contribution in [2.75, 3.05) is 57.8 Å². The zero-order chi connectivity index (χ0) is 22.7. The van der Waals surface area contributed by atoms with E-state index in [4.69, 9.17) is 0 Å². The average molecular weight is 460 g/mol. The van der Waals surface area contributed by atoms with Gasteiger partial charge in [-0.15, -0.1) is 0 Å². The molecule has 0 atom stereocenters. The number of piperazine rings is 1. The molecule has 2 aliphatic rings. The molecule has 0 aliphatic carbocycles. The topological polar surface area (TPSA) is 97.0 Å². The number of benzene rings is 1. The van der Waals surface area contributed by atoms with Crippen LogP contribution in [0.15, 0.2) is 47.5 Å². The fraction of sp³-hybridized carbons (Fsp3) is 0.455. The van der Waals surface area contributed by atoms with Crippen LogP contribution in [0.5, 0.6) is 0 Å². The summed E-state index contributed by atoms with van der Waals surface area (Å²) in [5, 5.41) is 0. The van der Waals surface area contributed by atoms with E-state index in [0.29, 0.717) is 39.3 Å². The lowest BCUT2D eigenvalue weighted by Gasteiger charge is -2.36. The molecule has 1 aromatic heterocycles. The van der Waals surface area contributed by atoms with Gasteiger partial charge >= 0.3 is 0 Å². The molecule has 2 fully saturated rings. The molecule has 4 rings (SSSR count). The zero-order valence-corrected chi connectivity index (χ0v) is 19.1. The molecule has 2 aromatic rings. The number of para-hydroxylation sites is 1. The number of likely N-dealkylation sites (N-methyl/N-ethyl adjacent to an activating group) is 1. The van der Waals surface area contributed by atoms with Crippen LogP contribution in [-0.2, 0) is 14.8 Å². The molecule has 10 heteroatoms. The molecule has 32 heavy (non-hydrogen) atoms. The predicted molar refractivity (Wildman–Crippen MR) is 121 cm³/mol. The Morgan fingerprint density at radius 3 is 2.28 bits per heavy atom. The van der Waals surface area contributed by atoms with Crippen molar-refractivity contribution in [2.24, 2.45) is 0 Å². The summed E-state index contributed by atoms with van der Waals surface area (Å²) in [5.74, 6) is -0.424. The highest BCUT2D eigenvalue weighted by atomic mass is 32.2. The van der Waals surface area contributed by atoms with Crippen LogP contribution in [0.1, 0.15) is 23.3 Å². The first kappa shape index (κ1) is 22.3. The van der Waals surface area contributed by atoms with Gasteiger partial charge in [-0.05, 0) is 31.0 Å². The number of hydrogen-bond acceptors (Lipinski definition) is 5. The average Bonchev–Trinajstić information content (AvgIpc) is 3.52. The van der Waals surface area contributed by atoms with Crippen molar-refractivity contribution in [2.45, 2.75) is 17.7 Å². The highest BCUT2D eigenvalue weighted by molar-refractivity contribution is 7.89. The van der Waals surface area contributed by atoms with E-state index in [1.54, 1.807) is 9.80 Å². The predicted octanol–water partition coefficient (Wildman–Crippen LogP) is 1.22. The minimum absolute atomic E-state index is 0.00996. The molecule has 172 valence electrons. The van der Waals surface area contributed by atoms with Crippen molar-refractivity contribution >= 4 is 27.5 Å². The quantitative estimate of drug-likeness (QED) is 0.701. The van der Waals surface area contributed by atoms with E-state index in [1.807, 2.05) is 30.3 Å². The van der Waals surface area contributed by atoms with E-state index in [1.165, 1.54) is 19.3 Å². The fourth-order valence-corrected chi connectivity index (χ4v) is 5.26. The Balaban J connectivity index is 1.34. The van der Waals surface area contributed by atoms with Crippen LogP contribution in [0.4, 0.5) is 5.69 Å². The van der Waals surface area contributed by atoms with Crippen LogP contribution in [0.25, 0.3) is 0 Å². The van der Waals surface area contributed by atoms with Crippen LogP contribution >= 0.6 is 0 Å². The van der Waals surface area contributed by atoms with Crippen molar-refractivity contribution in [1.82, 2.24) is 19.1 Å². The lowest BCUT2D eigenvalue weighted by Crippen LogP contribution is -2.51. The Kier molecular flexibility index (Phi) is 6.52. The van der Waals surface area contributed by atoms with Crippen molar-refractivity contribution in [3.8, 4) is 0 Å². The van der Waals surface area contributed by atoms with Gasteiger partial charge in [-0.1, -0.05) is 18.2 Å². The summed E-state index contributed by atoms with van der Waals surface area (Å²) in [6, 6.07) is 11.4. The molecular formula is C22H29N5O4S. The number of likely N-dealkylation sites (tertiary alicyclic amines) is 1. The van der Waals surface area contributed by atoms with Crippen molar-refractivity contribution in [3.05, 3.63) is 48.3 Å². The summed E-state index contributed by atoms with van der Waals surface area (Å²) in [7, 11) is -2.50. The lowest BCUT2D eigenvalue weighted by molar-refractivity contribution is -0.131. The maximum absolute atomic E-state index is 12.9. The summed E-state index contributed by atoms with van der Waals surface area (Å²) in [6.07, 6.45) is 3.24. The minimum atomic E-state index is -3.89. The van der Waals surface area contributed by atoms with Crippen molar-refractivity contribution in [1.29, 1.82) is 0 Å². The lowest BCUT2D eigenvalue weighted by atomic mass is 10.2. The van der Waals surface area contributed by atoms with E-state index in [0.717, 1.165) is 22.8 Å². The number of amides is 2. The third-order valence-corrected chi connectivity index (χ3v) is 7.88. The van der Waals surface area contributed by atoms with Crippen molar-refractivity contribution in [3.63, 3.8) is 0 Å². The Morgan fingerprint density at radius 2 is 1.62 bits per heavy atom. The maximum Gasteiger partial charge on any atom is 0.270 e. The van der Waals surface area contributed by atoms with Gasteiger partial charge in [-0.2, -0.15) is 4.31 Å². The minimum Gasteiger partial charge on any atom is -0.368 e. The Morgan fingerprint density at radius 1 is 0.969 bits per heavy atom. The molecule has 9 nitrogen and oxygen atoms in total. The standard InChI is InChI=1S/C22H29N5O4S/c1-24(17-21(28)26-13-11-25(12-14-26)18-7-3-2-4-8-18)32(30,31)19-15-20(23-16-19)22(29)27-9-5-6-10-27/h2-4,7-8,15-16,23H,5-6,9-14,17H2,1H3. The number of H-pyrrole nitrogens is 1. The molecule has 2 amide bonds. The smallest absolute Gasteiger partial charge is 0.270 e. The Bertz CT molecular complexity index is 1060. The number of anilines is 1. The monoisotopic (exact) mass is 459 g/mol. The molecule has 1 aromatic carbocycles. The first-order valence-corrected chi connectivity index (χ1v) is 12.3. The van der Waals surface area contributed by atoms with Crippen LogP contribution in [-0.4, -0.2) is 92.2 Å². The van der Waals surface area contributed by atoms with E-state index in [-0.39, 0.29) is 28.9 Å². The Hall–Kier alpha value is -2.85. The summed E-state index contributed by atoms with van der Waals surface area (Å²) >= 11 is 0. The van der Waals surface area contributed by atoms with Gasteiger partial charge in [0.15, 0.2) is 0 Å². The molecule has 0 radical (unpaired) electrons. The number of nitrogens with zero attached hydrogens (tertiary/aromatic N) is 4. The number of nitrogens with one attached hydrogen (secondary N) is 1. The second-order valence-electron chi connectivity index (χ2n) is 8.21. The van der Waals surface area contributed by atoms with Crippen LogP contribution < -0.4 is 4.90 Å². The van der Waals surface area contributed by atoms with Crippen LogP contribution in [0.3, 0.4) is 0 Å². The highest BCUT2D eigenvalue weighted by Crippen LogP contribution is 2.19. The molecular weight excluding hydrogens is 430 g/mol. The van der Waals surface area contributed by atoms with Gasteiger partial charge in [0.1, 0.15) is 10.6 Å². The van der Waals surface area contributed by atoms with E-state index >= 15 is 0 Å². The summed E-state index contributed by atoms with van der Waals surface area (Å²) in [5.41, 5.74) is 1.37. The van der Waals surface area contributed by atoms with Crippen LogP contribution in [0.2, 0.25) is 0 Å². The number of aromatic nitrogens is 1. The van der Waals surface area contributed by atoms with Gasteiger partial charge in [0.05, 0.1) is 6.54 Å². The number of aromatic amines is 1. The Labute approximate surface area is 188 Å². The van der Waals surface area contributed by atoms with Gasteiger partial charge in [0, 0.05) is 58.2 Å². The maximum atomic E-state index is 12.9. The van der Waals surface area contributed by atoms with Gasteiger partial charge in [0.25, 0.3) is 5.91 Å². The SMILES string of the molecule is CN(CC(=O)N1CCN(c2ccccc2)CC1)S(=O)(=O)c1c[nH]c(C(=O)N2CCCC2)c1. The number of sulfonamides is 1. The number of rotatable bonds is 6. The highest BCUT2D eigenvalue weighted by Gasteiger charge is 2.29. The number of carbonyl (C=O) groups excluding carboxylic acids is 2. The van der Waals surface area contributed by atoms with Crippen LogP contribution in [0, 0.1) is 0 Å². The molecule has 0 unspecified atom stereocenters. The van der Waals surface area contributed by atoms with E-state index in [9.17, 15) is 18.0 Å². The second kappa shape index (κ2) is 9.33. The molecule has 1 N–H and O–H groups in total. The first-order chi connectivity index (χ1) is 15.4. The number of hydrogen-bond donors (Lipinski definition) is 1. The number of carbonyl (C=O) groups is 2. The van der Waals surface area contributed by atoms with Gasteiger partial charge < -0.3 is 19.7 Å². The molecule has 0 saturated carbocycles. The van der Waals surface area contributed by atoms with Gasteiger partial charge in [-0.3, -0.25) is 9.59 Å². The molecule has 2 saturated heterocycles. The second-order valence-corrected chi connectivity index (χ2v) is 10.3. The summed E-state index contributed by atoms with van der Waals surface area (Å²) in [6.45, 7) is 3.62. The molecule has 0 bridgehead atoms. The zero-order valence-electron chi connectivity index (χ0n) is 18.2. The van der Waals surface area contributed by atoms with Gasteiger partial charge in [0.2, 0.25) is 15.9 Å². The third kappa shape index (κ3) is 4.66. The third-order valence-electron chi connectivity index (χ3n) is 6.10. The largest absolute Gasteiger partial charge is 0.368 e. The summed E-state index contributed by atoms with van der Waals surface area (Å²) < 4.78 is 26.9. The van der Waals surface area contributed by atoms with E-state index in [2.05, 4.69) is 9.88 Å². The first-order valence-electron chi connectivity index (χ1n) is 10.9.